The van der Waals surface area contributed by atoms with Gasteiger partial charge in [-0.3, -0.25) is 4.79 Å². The van der Waals surface area contributed by atoms with E-state index in [0.717, 1.165) is 10.9 Å². The molecule has 160 valence electrons. The van der Waals surface area contributed by atoms with Crippen LogP contribution in [0.25, 0.3) is 22.3 Å². The molecule has 5 rings (SSSR count). The van der Waals surface area contributed by atoms with Crippen LogP contribution < -0.4 is 31.6 Å². The van der Waals surface area contributed by atoms with Crippen molar-refractivity contribution in [3.05, 3.63) is 72.1 Å². The molecule has 0 radical (unpaired) electrons. The Morgan fingerprint density at radius 1 is 1.00 bits per heavy atom. The second-order valence-electron chi connectivity index (χ2n) is 7.17. The first-order chi connectivity index (χ1) is 15.6. The second kappa shape index (κ2) is 8.09. The van der Waals surface area contributed by atoms with Crippen LogP contribution in [0.3, 0.4) is 0 Å². The number of para-hydroxylation sites is 3. The molecule has 1 aromatic heterocycles. The zero-order chi connectivity index (χ0) is 22.1. The fraction of sp³-hybridized carbons (Fsp3) is 0.0833. The molecule has 0 spiro atoms. The van der Waals surface area contributed by atoms with Gasteiger partial charge in [-0.15, -0.1) is 0 Å². The Kier molecular flexibility index (Phi) is 4.97. The molecule has 4 aromatic rings. The first-order valence-corrected chi connectivity index (χ1v) is 9.98. The molecule has 0 unspecified atom stereocenters. The number of nitrogen functional groups attached to an aromatic ring is 1. The highest BCUT2D eigenvalue weighted by molar-refractivity contribution is 5.95. The van der Waals surface area contributed by atoms with Gasteiger partial charge in [-0.05, 0) is 42.5 Å². The Bertz CT molecular complexity index is 1410. The lowest BCUT2D eigenvalue weighted by Gasteiger charge is -2.09. The van der Waals surface area contributed by atoms with Crippen molar-refractivity contribution in [3.63, 3.8) is 0 Å². The highest BCUT2D eigenvalue weighted by Gasteiger charge is 2.16. The summed E-state index contributed by atoms with van der Waals surface area (Å²) in [6.45, 7) is 0.0682. The van der Waals surface area contributed by atoms with Crippen molar-refractivity contribution >= 4 is 33.9 Å². The van der Waals surface area contributed by atoms with E-state index in [2.05, 4.69) is 5.32 Å². The van der Waals surface area contributed by atoms with E-state index in [1.165, 1.54) is 0 Å². The van der Waals surface area contributed by atoms with Crippen molar-refractivity contribution in [1.29, 1.82) is 0 Å². The van der Waals surface area contributed by atoms with E-state index in [4.69, 9.17) is 30.4 Å². The lowest BCUT2D eigenvalue weighted by Crippen LogP contribution is -2.21. The third-order valence-corrected chi connectivity index (χ3v) is 5.06. The number of anilines is 2. The number of rotatable bonds is 4. The van der Waals surface area contributed by atoms with Crippen LogP contribution in [0.1, 0.15) is 0 Å². The van der Waals surface area contributed by atoms with Crippen LogP contribution >= 0.6 is 0 Å². The molecule has 0 aliphatic carbocycles. The minimum atomic E-state index is -0.300. The minimum Gasteiger partial charge on any atom is -0.454 e. The third-order valence-electron chi connectivity index (χ3n) is 5.06. The van der Waals surface area contributed by atoms with Gasteiger partial charge in [0.15, 0.2) is 17.1 Å². The van der Waals surface area contributed by atoms with Crippen molar-refractivity contribution in [1.82, 2.24) is 0 Å². The maximum atomic E-state index is 11.8. The molecule has 3 aromatic carbocycles. The predicted molar refractivity (Wildman–Crippen MR) is 122 cm³/mol. The first kappa shape index (κ1) is 19.7. The lowest BCUT2D eigenvalue weighted by molar-refractivity contribution is -0.114. The van der Waals surface area contributed by atoms with Crippen molar-refractivity contribution in [2.45, 2.75) is 0 Å². The standard InChI is InChI=1S/C24H20N4O4/c25-12-23(29)28-18-7-2-1-6-17(18)27-19-11-21(32-24-15(19)4-3-5-16(24)26)14-8-9-20-22(10-14)31-13-30-20/h1-11H,12-13,25-26H2,(H,28,29)/b27-19+. The van der Waals surface area contributed by atoms with Gasteiger partial charge in [-0.2, -0.15) is 0 Å². The molecule has 0 bridgehead atoms. The van der Waals surface area contributed by atoms with Crippen LogP contribution in [-0.2, 0) is 4.79 Å². The van der Waals surface area contributed by atoms with Crippen molar-refractivity contribution in [2.75, 3.05) is 24.4 Å². The van der Waals surface area contributed by atoms with Crippen LogP contribution in [0.15, 0.2) is 76.1 Å². The van der Waals surface area contributed by atoms with Gasteiger partial charge < -0.3 is 30.7 Å². The van der Waals surface area contributed by atoms with E-state index in [1.807, 2.05) is 54.6 Å². The Hall–Kier alpha value is -4.30. The van der Waals surface area contributed by atoms with Crippen molar-refractivity contribution in [2.24, 2.45) is 10.7 Å². The summed E-state index contributed by atoms with van der Waals surface area (Å²) >= 11 is 0. The molecular formula is C24H20N4O4. The number of nitrogens with two attached hydrogens (primary N) is 2. The molecule has 0 fully saturated rings. The molecule has 1 amide bonds. The second-order valence-corrected chi connectivity index (χ2v) is 7.17. The van der Waals surface area contributed by atoms with Crippen molar-refractivity contribution < 1.29 is 18.7 Å². The number of benzene rings is 3. The van der Waals surface area contributed by atoms with Gasteiger partial charge in [0.05, 0.1) is 29.0 Å². The summed E-state index contributed by atoms with van der Waals surface area (Å²) in [5.41, 5.74) is 14.6. The van der Waals surface area contributed by atoms with E-state index < -0.39 is 0 Å². The number of hydrogen-bond donors (Lipinski definition) is 3. The lowest BCUT2D eigenvalue weighted by atomic mass is 10.1. The summed E-state index contributed by atoms with van der Waals surface area (Å²) < 4.78 is 17.1. The molecule has 5 N–H and O–H groups in total. The van der Waals surface area contributed by atoms with Gasteiger partial charge in [0, 0.05) is 17.0 Å². The Labute approximate surface area is 183 Å². The normalized spacial score (nSPS) is 12.8. The maximum Gasteiger partial charge on any atom is 0.238 e. The van der Waals surface area contributed by atoms with Gasteiger partial charge in [-0.25, -0.2) is 4.99 Å². The highest BCUT2D eigenvalue weighted by atomic mass is 16.7. The van der Waals surface area contributed by atoms with Crippen molar-refractivity contribution in [3.8, 4) is 22.8 Å². The number of nitrogens with zero attached hydrogens (tertiary/aromatic N) is 1. The van der Waals surface area contributed by atoms with Crippen LogP contribution in [0.4, 0.5) is 17.1 Å². The molecule has 0 saturated heterocycles. The number of hydrogen-bond acceptors (Lipinski definition) is 7. The average Bonchev–Trinajstić information content (AvgIpc) is 3.28. The van der Waals surface area contributed by atoms with E-state index in [0.29, 0.717) is 45.3 Å². The summed E-state index contributed by atoms with van der Waals surface area (Å²) in [6.07, 6.45) is 0. The van der Waals surface area contributed by atoms with Crippen LogP contribution in [-0.4, -0.2) is 19.2 Å². The molecule has 0 atom stereocenters. The number of carbonyl (C=O) groups is 1. The van der Waals surface area contributed by atoms with E-state index in [-0.39, 0.29) is 19.2 Å². The van der Waals surface area contributed by atoms with E-state index in [9.17, 15) is 4.79 Å². The fourth-order valence-electron chi connectivity index (χ4n) is 3.50. The zero-order valence-electron chi connectivity index (χ0n) is 17.0. The van der Waals surface area contributed by atoms with Crippen LogP contribution in [0.2, 0.25) is 0 Å². The minimum absolute atomic E-state index is 0.119. The number of carbonyl (C=O) groups excluding carboxylic acids is 1. The summed E-state index contributed by atoms with van der Waals surface area (Å²) in [5.74, 6) is 1.59. The van der Waals surface area contributed by atoms with E-state index in [1.54, 1.807) is 12.1 Å². The molecule has 2 heterocycles. The predicted octanol–water partition coefficient (Wildman–Crippen LogP) is 3.54. The summed E-state index contributed by atoms with van der Waals surface area (Å²) in [5, 5.41) is 4.16. The third kappa shape index (κ3) is 3.63. The Morgan fingerprint density at radius 3 is 2.72 bits per heavy atom. The van der Waals surface area contributed by atoms with Crippen LogP contribution in [0, 0.1) is 0 Å². The fourth-order valence-corrected chi connectivity index (χ4v) is 3.50. The molecule has 32 heavy (non-hydrogen) atoms. The summed E-state index contributed by atoms with van der Waals surface area (Å²) in [4.78, 5) is 16.7. The maximum absolute atomic E-state index is 11.8. The molecule has 8 nitrogen and oxygen atoms in total. The summed E-state index contributed by atoms with van der Waals surface area (Å²) in [6, 6.07) is 20.2. The number of amides is 1. The molecule has 8 heteroatoms. The number of ether oxygens (including phenoxy) is 2. The first-order valence-electron chi connectivity index (χ1n) is 9.98. The molecule has 1 aliphatic rings. The SMILES string of the molecule is NCC(=O)Nc1ccccc1/N=c1\cc(-c2ccc3c(c2)OCO3)oc2c(N)cccc12. The van der Waals surface area contributed by atoms with Crippen LogP contribution in [0.5, 0.6) is 11.5 Å². The van der Waals surface area contributed by atoms with Gasteiger partial charge in [-0.1, -0.05) is 18.2 Å². The molecule has 1 aliphatic heterocycles. The molecular weight excluding hydrogens is 408 g/mol. The smallest absolute Gasteiger partial charge is 0.238 e. The average molecular weight is 428 g/mol. The number of fused-ring (bicyclic) bond motifs is 2. The van der Waals surface area contributed by atoms with Gasteiger partial charge in [0.25, 0.3) is 0 Å². The highest BCUT2D eigenvalue weighted by Crippen LogP contribution is 2.36. The Morgan fingerprint density at radius 2 is 1.84 bits per heavy atom. The van der Waals surface area contributed by atoms with Gasteiger partial charge in [0.2, 0.25) is 12.7 Å². The largest absolute Gasteiger partial charge is 0.454 e. The quantitative estimate of drug-likeness (QED) is 0.427. The Balaban J connectivity index is 1.72. The monoisotopic (exact) mass is 428 g/mol. The molecule has 0 saturated carbocycles. The van der Waals surface area contributed by atoms with E-state index >= 15 is 0 Å². The van der Waals surface area contributed by atoms with Gasteiger partial charge in [0.1, 0.15) is 5.76 Å². The number of nitrogens with one attached hydrogen (secondary N) is 1. The topological polar surface area (TPSA) is 125 Å². The van der Waals surface area contributed by atoms with Gasteiger partial charge >= 0.3 is 0 Å². The summed E-state index contributed by atoms with van der Waals surface area (Å²) in [7, 11) is 0. The zero-order valence-corrected chi connectivity index (χ0v) is 17.0.